The number of rotatable bonds is 14. The zero-order valence-corrected chi connectivity index (χ0v) is 31.5. The summed E-state index contributed by atoms with van der Waals surface area (Å²) >= 11 is 0. The molecule has 2 aliphatic rings. The average molecular weight is 820 g/mol. The summed E-state index contributed by atoms with van der Waals surface area (Å²) in [5.41, 5.74) is 0. The molecule has 14 heteroatoms. The maximum Gasteiger partial charge on any atom is 2.00 e. The molecule has 11 nitrogen and oxygen atoms in total. The number of ether oxygens (including phenoxy) is 6. The van der Waals surface area contributed by atoms with Gasteiger partial charge >= 0.3 is 30.5 Å². The van der Waals surface area contributed by atoms with Crippen LogP contribution in [-0.2, 0) is 82.4 Å². The predicted octanol–water partition coefficient (Wildman–Crippen LogP) is 2.34. The van der Waals surface area contributed by atoms with Crippen molar-refractivity contribution in [2.75, 3.05) is 59.8 Å². The van der Waals surface area contributed by atoms with Crippen molar-refractivity contribution in [3.63, 3.8) is 0 Å². The summed E-state index contributed by atoms with van der Waals surface area (Å²) in [5, 5.41) is 6.02. The number of methoxy groups -OCH3 is 1. The number of carbonyl (C=O) groups is 3. The van der Waals surface area contributed by atoms with Crippen molar-refractivity contribution >= 4 is 25.7 Å². The van der Waals surface area contributed by atoms with E-state index in [1.807, 2.05) is 13.8 Å². The third-order valence-electron chi connectivity index (χ3n) is 6.63. The molecule has 7 atom stereocenters. The first-order chi connectivity index (χ1) is 18.6. The van der Waals surface area contributed by atoms with E-state index in [1.165, 1.54) is 13.8 Å². The van der Waals surface area contributed by atoms with Crippen LogP contribution in [0.4, 0.5) is 0 Å². The number of hydrogen-bond acceptors (Lipinski definition) is 10. The van der Waals surface area contributed by atoms with Crippen molar-refractivity contribution in [3.8, 4) is 0 Å². The summed E-state index contributed by atoms with van der Waals surface area (Å²) in [6.45, 7) is 14.5. The molecular weight excluding hydrogens is 766 g/mol. The molecule has 249 valence electrons. The molecule has 0 spiro atoms. The van der Waals surface area contributed by atoms with E-state index in [4.69, 9.17) is 36.3 Å². The SMILES string of the molecule is [B]C1CNCC(COC)C1.[CH2-]COCCNC(=O)CCCOC1OC(COC(C)=O)C(OC(C)=O)C(C)C1C.[CH3-].[CH3-].[V+2].[W]. The van der Waals surface area contributed by atoms with Gasteiger partial charge in [-0.25, -0.2) is 0 Å². The van der Waals surface area contributed by atoms with Gasteiger partial charge in [0, 0.05) is 73.4 Å². The topological polar surface area (TPSA) is 131 Å². The average Bonchev–Trinajstić information content (AvgIpc) is 2.88. The van der Waals surface area contributed by atoms with Crippen molar-refractivity contribution in [2.24, 2.45) is 17.8 Å². The third-order valence-corrected chi connectivity index (χ3v) is 6.63. The number of nitrogens with one attached hydrogen (secondary N) is 2. The van der Waals surface area contributed by atoms with E-state index in [-0.39, 0.29) is 78.8 Å². The Morgan fingerprint density at radius 1 is 1.05 bits per heavy atom. The summed E-state index contributed by atoms with van der Waals surface area (Å²) in [7, 11) is 7.47. The van der Waals surface area contributed by atoms with E-state index >= 15 is 0 Å². The van der Waals surface area contributed by atoms with Gasteiger partial charge in [0.15, 0.2) is 6.29 Å². The van der Waals surface area contributed by atoms with Crippen molar-refractivity contribution in [1.29, 1.82) is 0 Å². The van der Waals surface area contributed by atoms with Gasteiger partial charge in [0.1, 0.15) is 18.8 Å². The Bertz CT molecular complexity index is 727. The molecule has 0 saturated carbocycles. The van der Waals surface area contributed by atoms with E-state index in [9.17, 15) is 14.4 Å². The van der Waals surface area contributed by atoms with Gasteiger partial charge in [0.05, 0.1) is 27.7 Å². The van der Waals surface area contributed by atoms with Crippen LogP contribution in [0, 0.1) is 39.5 Å². The van der Waals surface area contributed by atoms with Crippen LogP contribution in [0.25, 0.3) is 0 Å². The van der Waals surface area contributed by atoms with Crippen LogP contribution >= 0.6 is 0 Å². The maximum absolute atomic E-state index is 11.8. The van der Waals surface area contributed by atoms with Gasteiger partial charge in [-0.15, -0.1) is 0 Å². The smallest absolute Gasteiger partial charge is 0.463 e. The first-order valence-corrected chi connectivity index (χ1v) is 13.8. The molecular formula is C29H54BN2O9VW-. The van der Waals surface area contributed by atoms with Gasteiger partial charge in [0.25, 0.3) is 0 Å². The number of esters is 2. The molecule has 0 aromatic rings. The van der Waals surface area contributed by atoms with Gasteiger partial charge in [0.2, 0.25) is 5.91 Å². The quantitative estimate of drug-likeness (QED) is 0.117. The largest absolute Gasteiger partial charge is 2.00 e. The van der Waals surface area contributed by atoms with Gasteiger partial charge in [-0.05, 0) is 18.9 Å². The second-order valence-corrected chi connectivity index (χ2v) is 10.0. The van der Waals surface area contributed by atoms with Crippen LogP contribution in [0.2, 0.25) is 5.82 Å². The van der Waals surface area contributed by atoms with Crippen LogP contribution in [0.3, 0.4) is 0 Å². The van der Waals surface area contributed by atoms with Crippen LogP contribution in [-0.4, -0.2) is 104 Å². The monoisotopic (exact) mass is 820 g/mol. The van der Waals surface area contributed by atoms with E-state index in [0.717, 1.165) is 26.1 Å². The molecule has 0 bridgehead atoms. The zero-order chi connectivity index (χ0) is 29.2. The molecule has 3 radical (unpaired) electrons. The maximum atomic E-state index is 11.8. The van der Waals surface area contributed by atoms with Crippen molar-refractivity contribution in [1.82, 2.24) is 10.6 Å². The molecule has 0 aromatic carbocycles. The summed E-state index contributed by atoms with van der Waals surface area (Å²) in [5.74, 6) is -0.101. The van der Waals surface area contributed by atoms with E-state index in [0.29, 0.717) is 50.9 Å². The van der Waals surface area contributed by atoms with Gasteiger partial charge in [-0.3, -0.25) is 14.4 Å². The Labute approximate surface area is 288 Å². The predicted molar refractivity (Wildman–Crippen MR) is 159 cm³/mol. The van der Waals surface area contributed by atoms with Crippen LogP contribution in [0.5, 0.6) is 0 Å². The second-order valence-electron chi connectivity index (χ2n) is 10.0. The van der Waals surface area contributed by atoms with Gasteiger partial charge < -0.3 is 60.8 Å². The van der Waals surface area contributed by atoms with Gasteiger partial charge in [-0.1, -0.05) is 32.7 Å². The zero-order valence-electron chi connectivity index (χ0n) is 27.1. The molecule has 2 rings (SSSR count). The molecule has 2 heterocycles. The Morgan fingerprint density at radius 3 is 2.28 bits per heavy atom. The fourth-order valence-electron chi connectivity index (χ4n) is 4.47. The first kappa shape index (κ1) is 49.4. The molecule has 0 aliphatic carbocycles. The normalized spacial score (nSPS) is 25.9. The van der Waals surface area contributed by atoms with Crippen LogP contribution in [0.15, 0.2) is 0 Å². The number of carbonyl (C=O) groups excluding carboxylic acids is 3. The molecule has 2 N–H and O–H groups in total. The minimum absolute atomic E-state index is 0. The molecule has 0 aromatic heterocycles. The van der Waals surface area contributed by atoms with Crippen LogP contribution in [0.1, 0.15) is 47.0 Å². The number of amides is 1. The fraction of sp³-hybridized carbons (Fsp3) is 0.793. The van der Waals surface area contributed by atoms with E-state index in [1.54, 1.807) is 7.11 Å². The second kappa shape index (κ2) is 29.0. The van der Waals surface area contributed by atoms with Crippen molar-refractivity contribution in [2.45, 2.75) is 71.3 Å². The Kier molecular flexibility index (Phi) is 33.3. The number of hydrogen-bond donors (Lipinski definition) is 2. The summed E-state index contributed by atoms with van der Waals surface area (Å²) in [6.07, 6.45) is 0.258. The van der Waals surface area contributed by atoms with E-state index < -0.39 is 30.4 Å². The number of piperidine rings is 1. The molecule has 43 heavy (non-hydrogen) atoms. The Hall–Kier alpha value is -0.452. The minimum atomic E-state index is -0.615. The third kappa shape index (κ3) is 21.8. The molecule has 2 aliphatic heterocycles. The first-order valence-electron chi connectivity index (χ1n) is 13.8. The Balaban J connectivity index is -0.000000463. The summed E-state index contributed by atoms with van der Waals surface area (Å²) in [6, 6.07) is 0. The molecule has 2 saturated heterocycles. The standard InChI is InChI=1S/C20H34NO8.C7H14BNO.2CH3.V.W/c1-6-25-11-9-21-18(24)8-7-10-26-20-14(3)13(2)19(28-16(5)23)17(29-20)12-27-15(4)22;1-10-5-6-2-7(8)4-9-3-6;;;;/h13-14,17,19-20H,1,6-12H2,2-5H3,(H,21,24);6-7,9H,2-5H2,1H3;2*1H3;;/q-1;;2*-1;+2;. The molecule has 2 fully saturated rings. The summed E-state index contributed by atoms with van der Waals surface area (Å²) in [4.78, 5) is 34.4. The molecule has 1 amide bonds. The van der Waals surface area contributed by atoms with E-state index in [2.05, 4.69) is 17.6 Å². The van der Waals surface area contributed by atoms with Crippen molar-refractivity contribution < 1.29 is 82.4 Å². The fourth-order valence-corrected chi connectivity index (χ4v) is 4.47. The Morgan fingerprint density at radius 2 is 1.72 bits per heavy atom. The minimum Gasteiger partial charge on any atom is -0.463 e. The van der Waals surface area contributed by atoms with Gasteiger partial charge in [-0.2, -0.15) is 0 Å². The van der Waals surface area contributed by atoms with Crippen molar-refractivity contribution in [3.05, 3.63) is 21.8 Å². The molecule has 7 unspecified atom stereocenters. The summed E-state index contributed by atoms with van der Waals surface area (Å²) < 4.78 is 32.3. The van der Waals surface area contributed by atoms with Crippen LogP contribution < -0.4 is 10.6 Å².